The number of nitrogens with zero attached hydrogens (tertiary/aromatic N) is 2. The van der Waals surface area contributed by atoms with Crippen molar-refractivity contribution in [3.05, 3.63) is 132 Å². The van der Waals surface area contributed by atoms with Gasteiger partial charge in [-0.15, -0.1) is 11.3 Å². The van der Waals surface area contributed by atoms with Gasteiger partial charge in [-0.05, 0) is 72.3 Å². The molecule has 7 aromatic rings. The maximum atomic E-state index is 4.96. The highest BCUT2D eigenvalue weighted by molar-refractivity contribution is 7.18. The van der Waals surface area contributed by atoms with Crippen molar-refractivity contribution in [3.8, 4) is 5.69 Å². The van der Waals surface area contributed by atoms with Crippen LogP contribution in [0.3, 0.4) is 0 Å². The van der Waals surface area contributed by atoms with Crippen LogP contribution in [0.25, 0.3) is 64.8 Å². The largest absolute Gasteiger partial charge is 0.309 e. The molecule has 0 aliphatic carbocycles. The Morgan fingerprint density at radius 3 is 2.33 bits per heavy atom. The van der Waals surface area contributed by atoms with Gasteiger partial charge in [-0.1, -0.05) is 98.0 Å². The highest BCUT2D eigenvalue weighted by atomic mass is 32.1. The van der Waals surface area contributed by atoms with Gasteiger partial charge in [-0.2, -0.15) is 0 Å². The van der Waals surface area contributed by atoms with E-state index >= 15 is 0 Å². The van der Waals surface area contributed by atoms with E-state index in [0.29, 0.717) is 0 Å². The average molecular weight is 561 g/mol. The second kappa shape index (κ2) is 10.9. The minimum absolute atomic E-state index is 0.926. The number of hydrogen-bond acceptors (Lipinski definition) is 2. The Hall–Kier alpha value is -4.73. The van der Waals surface area contributed by atoms with Gasteiger partial charge in [-0.25, -0.2) is 0 Å². The molecule has 0 amide bonds. The standard InChI is InChI=1S/C39H32N2S/c1-4-6-7-13-26(3)40-34(12-5-2)28-18-21-29(22-19-28)41-35-23-20-27-14-8-9-15-30(27)36(35)37-33-24-25-42-39(33)32-17-11-10-16-31(32)38(37)41/h4,6-25H,5H2,1-3H3/b6-4-,13-7-,34-12-,40-26-. The zero-order valence-electron chi connectivity index (χ0n) is 24.1. The molecule has 0 saturated heterocycles. The minimum Gasteiger partial charge on any atom is -0.309 e. The Morgan fingerprint density at radius 2 is 1.55 bits per heavy atom. The summed E-state index contributed by atoms with van der Waals surface area (Å²) in [6.45, 7) is 6.23. The summed E-state index contributed by atoms with van der Waals surface area (Å²) in [7, 11) is 0. The first-order chi connectivity index (χ1) is 20.7. The van der Waals surface area contributed by atoms with Gasteiger partial charge in [0, 0.05) is 43.0 Å². The van der Waals surface area contributed by atoms with Crippen molar-refractivity contribution >= 4 is 76.2 Å². The smallest absolute Gasteiger partial charge is 0.0665 e. The van der Waals surface area contributed by atoms with Crippen LogP contribution in [0.1, 0.15) is 32.8 Å². The van der Waals surface area contributed by atoms with Crippen LogP contribution in [-0.2, 0) is 0 Å². The zero-order valence-corrected chi connectivity index (χ0v) is 25.0. The van der Waals surface area contributed by atoms with E-state index in [1.165, 1.54) is 53.4 Å². The predicted molar refractivity (Wildman–Crippen MR) is 187 cm³/mol. The van der Waals surface area contributed by atoms with E-state index in [0.717, 1.165) is 29.1 Å². The van der Waals surface area contributed by atoms with Crippen molar-refractivity contribution in [2.75, 3.05) is 0 Å². The third kappa shape index (κ3) is 4.29. The molecule has 5 aromatic carbocycles. The third-order valence-electron chi connectivity index (χ3n) is 7.98. The second-order valence-electron chi connectivity index (χ2n) is 10.6. The first kappa shape index (κ1) is 26.2. The number of rotatable bonds is 6. The molecule has 42 heavy (non-hydrogen) atoms. The molecular weight excluding hydrogens is 529 g/mol. The third-order valence-corrected chi connectivity index (χ3v) is 8.92. The fourth-order valence-electron chi connectivity index (χ4n) is 6.18. The van der Waals surface area contributed by atoms with Crippen molar-refractivity contribution in [2.45, 2.75) is 27.2 Å². The minimum atomic E-state index is 0.926. The lowest BCUT2D eigenvalue weighted by molar-refractivity contribution is 1.18. The number of benzene rings is 5. The quantitative estimate of drug-likeness (QED) is 0.142. The highest BCUT2D eigenvalue weighted by Gasteiger charge is 2.21. The number of thiophene rings is 1. The molecule has 0 unspecified atom stereocenters. The molecule has 0 spiro atoms. The molecule has 0 N–H and O–H groups in total. The van der Waals surface area contributed by atoms with Gasteiger partial charge in [-0.3, -0.25) is 4.99 Å². The second-order valence-corrected chi connectivity index (χ2v) is 11.5. The Kier molecular flexibility index (Phi) is 6.81. The molecule has 2 aromatic heterocycles. The van der Waals surface area contributed by atoms with Crippen molar-refractivity contribution in [1.82, 2.24) is 4.57 Å². The molecule has 0 bridgehead atoms. The van der Waals surface area contributed by atoms with E-state index in [4.69, 9.17) is 4.99 Å². The van der Waals surface area contributed by atoms with Gasteiger partial charge in [0.1, 0.15) is 0 Å². The summed E-state index contributed by atoms with van der Waals surface area (Å²) in [6, 6.07) is 33.4. The lowest BCUT2D eigenvalue weighted by Gasteiger charge is -2.12. The van der Waals surface area contributed by atoms with E-state index in [2.05, 4.69) is 127 Å². The molecule has 0 aliphatic rings. The summed E-state index contributed by atoms with van der Waals surface area (Å²) in [5.41, 5.74) is 6.76. The van der Waals surface area contributed by atoms with Gasteiger partial charge in [0.2, 0.25) is 0 Å². The number of allylic oxidation sites excluding steroid dienone is 5. The van der Waals surface area contributed by atoms with E-state index in [1.54, 1.807) is 0 Å². The van der Waals surface area contributed by atoms with Crippen LogP contribution in [0.4, 0.5) is 0 Å². The summed E-state index contributed by atoms with van der Waals surface area (Å²) < 4.78 is 3.82. The van der Waals surface area contributed by atoms with Gasteiger partial charge in [0.05, 0.1) is 16.7 Å². The highest BCUT2D eigenvalue weighted by Crippen LogP contribution is 2.45. The van der Waals surface area contributed by atoms with Crippen LogP contribution in [-0.4, -0.2) is 10.3 Å². The van der Waals surface area contributed by atoms with Crippen LogP contribution >= 0.6 is 11.3 Å². The SMILES string of the molecule is C\C=C/C=C\C(C)=N/C(=C\CC)c1ccc(-n2c3ccc4ccccc4c3c3c4ccsc4c4ccccc4c32)cc1. The maximum absolute atomic E-state index is 4.96. The molecule has 204 valence electrons. The number of aromatic nitrogens is 1. The van der Waals surface area contributed by atoms with Crippen LogP contribution in [0.2, 0.25) is 0 Å². The number of hydrogen-bond donors (Lipinski definition) is 0. The molecule has 0 radical (unpaired) electrons. The molecule has 0 aliphatic heterocycles. The molecular formula is C39H32N2S. The summed E-state index contributed by atoms with van der Waals surface area (Å²) >= 11 is 1.83. The summed E-state index contributed by atoms with van der Waals surface area (Å²) in [6.07, 6.45) is 11.3. The summed E-state index contributed by atoms with van der Waals surface area (Å²) in [4.78, 5) is 4.96. The molecule has 7 rings (SSSR count). The molecule has 2 heterocycles. The Balaban J connectivity index is 1.51. The summed E-state index contributed by atoms with van der Waals surface area (Å²) in [5, 5.41) is 11.4. The van der Waals surface area contributed by atoms with Gasteiger partial charge < -0.3 is 4.57 Å². The fraction of sp³-hybridized carbons (Fsp3) is 0.103. The lowest BCUT2D eigenvalue weighted by Crippen LogP contribution is -1.96. The average Bonchev–Trinajstić information content (AvgIpc) is 3.65. The zero-order chi connectivity index (χ0) is 28.6. The van der Waals surface area contributed by atoms with Crippen LogP contribution in [0.5, 0.6) is 0 Å². The lowest BCUT2D eigenvalue weighted by atomic mass is 9.99. The Bertz CT molecular complexity index is 2230. The summed E-state index contributed by atoms with van der Waals surface area (Å²) in [5.74, 6) is 0. The molecule has 0 saturated carbocycles. The fourth-order valence-corrected chi connectivity index (χ4v) is 7.13. The monoisotopic (exact) mass is 560 g/mol. The van der Waals surface area contributed by atoms with Gasteiger partial charge in [0.15, 0.2) is 0 Å². The predicted octanol–water partition coefficient (Wildman–Crippen LogP) is 11.6. The normalized spacial score (nSPS) is 13.3. The van der Waals surface area contributed by atoms with E-state index in [-0.39, 0.29) is 0 Å². The van der Waals surface area contributed by atoms with E-state index < -0.39 is 0 Å². The Labute approximate surface area is 250 Å². The molecule has 2 nitrogen and oxygen atoms in total. The van der Waals surface area contributed by atoms with E-state index in [9.17, 15) is 0 Å². The number of aliphatic imine (C=N–C) groups is 1. The van der Waals surface area contributed by atoms with Crippen molar-refractivity contribution < 1.29 is 0 Å². The topological polar surface area (TPSA) is 17.3 Å². The van der Waals surface area contributed by atoms with Gasteiger partial charge >= 0.3 is 0 Å². The molecule has 0 atom stereocenters. The van der Waals surface area contributed by atoms with Crippen molar-refractivity contribution in [3.63, 3.8) is 0 Å². The Morgan fingerprint density at radius 1 is 0.786 bits per heavy atom. The van der Waals surface area contributed by atoms with Crippen LogP contribution in [0, 0.1) is 0 Å². The maximum Gasteiger partial charge on any atom is 0.0665 e. The van der Waals surface area contributed by atoms with Crippen molar-refractivity contribution in [2.24, 2.45) is 4.99 Å². The van der Waals surface area contributed by atoms with Crippen LogP contribution in [0.15, 0.2) is 132 Å². The van der Waals surface area contributed by atoms with Crippen LogP contribution < -0.4 is 0 Å². The first-order valence-electron chi connectivity index (χ1n) is 14.6. The van der Waals surface area contributed by atoms with E-state index in [1.807, 2.05) is 36.5 Å². The van der Waals surface area contributed by atoms with Gasteiger partial charge in [0.25, 0.3) is 0 Å². The first-order valence-corrected chi connectivity index (χ1v) is 15.5. The van der Waals surface area contributed by atoms with Crippen molar-refractivity contribution in [1.29, 1.82) is 0 Å². The molecule has 3 heteroatoms. The number of fused-ring (bicyclic) bond motifs is 10. The molecule has 0 fully saturated rings.